The van der Waals surface area contributed by atoms with Crippen molar-refractivity contribution in [2.45, 2.75) is 6.18 Å². The molecule has 0 aliphatic carbocycles. The van der Waals surface area contributed by atoms with Gasteiger partial charge < -0.3 is 0 Å². The first-order chi connectivity index (χ1) is 4.11. The van der Waals surface area contributed by atoms with E-state index in [0.29, 0.717) is 11.5 Å². The molecule has 0 atom stereocenters. The van der Waals surface area contributed by atoms with Gasteiger partial charge in [-0.2, -0.15) is 13.2 Å². The van der Waals surface area contributed by atoms with Crippen LogP contribution >= 0.6 is 23.1 Å². The fourth-order valence-corrected chi connectivity index (χ4v) is 1.57. The van der Waals surface area contributed by atoms with Gasteiger partial charge in [0, 0.05) is 0 Å². The first-order valence-electron chi connectivity index (χ1n) is 1.91. The molecule has 1 aromatic rings. The van der Waals surface area contributed by atoms with E-state index < -0.39 is 11.1 Å². The van der Waals surface area contributed by atoms with E-state index >= 15 is 0 Å². The lowest BCUT2D eigenvalue weighted by molar-refractivity contribution is -0.134. The summed E-state index contributed by atoms with van der Waals surface area (Å²) >= 11 is 1.29. The third-order valence-electron chi connectivity index (χ3n) is 0.618. The summed E-state index contributed by atoms with van der Waals surface area (Å²) in [6, 6.07) is 0. The smallest absolute Gasteiger partial charge is 0.163 e. The zero-order valence-corrected chi connectivity index (χ0v) is 5.61. The molecule has 0 aromatic carbocycles. The average Bonchev–Trinajstić information content (AvgIpc) is 2.08. The highest BCUT2D eigenvalue weighted by Crippen LogP contribution is 2.32. The Hall–Kier alpha value is -0.230. The number of aromatic nitrogens is 1. The van der Waals surface area contributed by atoms with Gasteiger partial charge in [-0.25, -0.2) is 0 Å². The summed E-state index contributed by atoms with van der Waals surface area (Å²) in [5.41, 5.74) is 0. The topological polar surface area (TPSA) is 12.9 Å². The van der Waals surface area contributed by atoms with E-state index in [0.717, 1.165) is 16.9 Å². The van der Waals surface area contributed by atoms with E-state index in [4.69, 9.17) is 0 Å². The van der Waals surface area contributed by atoms with Crippen LogP contribution in [-0.2, 0) is 6.18 Å². The molecule has 0 saturated carbocycles. The minimum absolute atomic E-state index is 0.473. The number of nitrogens with zero attached hydrogens (tertiary/aromatic N) is 1. The molecule has 0 unspecified atom stereocenters. The molecule has 0 radical (unpaired) electrons. The van der Waals surface area contributed by atoms with Crippen molar-refractivity contribution < 1.29 is 13.2 Å². The van der Waals surface area contributed by atoms with E-state index in [1.807, 2.05) is 0 Å². The minimum atomic E-state index is -4.21. The Labute approximate surface area is 57.1 Å². The Morgan fingerprint density at radius 1 is 1.56 bits per heavy atom. The van der Waals surface area contributed by atoms with Gasteiger partial charge in [0.25, 0.3) is 4.88 Å². The molecule has 1 heterocycles. The van der Waals surface area contributed by atoms with Gasteiger partial charge in [-0.15, -0.1) is 0 Å². The first kappa shape index (κ1) is 6.88. The molecular weight excluding hydrogens is 171 g/mol. The normalized spacial score (nSPS) is 11.9. The van der Waals surface area contributed by atoms with Crippen LogP contribution in [0.2, 0.25) is 0 Å². The highest BCUT2D eigenvalue weighted by Gasteiger charge is 2.38. The van der Waals surface area contributed by atoms with E-state index in [1.165, 1.54) is 0 Å². The van der Waals surface area contributed by atoms with Crippen LogP contribution < -0.4 is 0 Å². The van der Waals surface area contributed by atoms with Crippen molar-refractivity contribution in [1.29, 1.82) is 0 Å². The molecule has 9 heavy (non-hydrogen) atoms. The molecule has 50 valence electrons. The summed E-state index contributed by atoms with van der Waals surface area (Å²) in [5, 5.41) is 0.991. The van der Waals surface area contributed by atoms with Crippen LogP contribution in [-0.4, -0.2) is 3.76 Å². The number of alkyl halides is 3. The molecule has 0 aliphatic rings. The molecule has 0 aliphatic heterocycles. The lowest BCUT2D eigenvalue weighted by Crippen LogP contribution is -2.00. The highest BCUT2D eigenvalue weighted by molar-refractivity contribution is 7.20. The second kappa shape index (κ2) is 2.18. The van der Waals surface area contributed by atoms with Gasteiger partial charge in [0.15, 0.2) is 5.38 Å². The molecule has 1 rings (SSSR count). The van der Waals surface area contributed by atoms with E-state index in [-0.39, 0.29) is 0 Å². The molecule has 1 aromatic heterocycles. The molecule has 0 spiro atoms. The summed E-state index contributed by atoms with van der Waals surface area (Å²) in [6.07, 6.45) is -4.21. The van der Waals surface area contributed by atoms with E-state index in [2.05, 4.69) is 3.76 Å². The van der Waals surface area contributed by atoms with Crippen molar-refractivity contribution in [2.24, 2.45) is 0 Å². The van der Waals surface area contributed by atoms with Crippen LogP contribution in [0.4, 0.5) is 13.2 Å². The predicted molar refractivity (Wildman–Crippen MR) is 29.4 cm³/mol. The zero-order valence-electron chi connectivity index (χ0n) is 3.97. The molecule has 6 heteroatoms. The van der Waals surface area contributed by atoms with Crippen LogP contribution in [0, 0.1) is 0 Å². The second-order valence-electron chi connectivity index (χ2n) is 1.25. The minimum Gasteiger partial charge on any atom is -0.163 e. The van der Waals surface area contributed by atoms with Gasteiger partial charge in [0.2, 0.25) is 23.1 Å². The van der Waals surface area contributed by atoms with Crippen LogP contribution in [0.15, 0.2) is 5.38 Å². The van der Waals surface area contributed by atoms with Crippen molar-refractivity contribution in [2.75, 3.05) is 0 Å². The number of rotatable bonds is 0. The Balaban J connectivity index is 2.90. The van der Waals surface area contributed by atoms with Gasteiger partial charge in [-0.1, -0.05) is 0 Å². The summed E-state index contributed by atoms with van der Waals surface area (Å²) in [4.78, 5) is -0.632. The molecule has 0 fully saturated rings. The van der Waals surface area contributed by atoms with Gasteiger partial charge in [0.05, 0.1) is 3.76 Å². The molecule has 0 amide bonds. The summed E-state index contributed by atoms with van der Waals surface area (Å²) < 4.78 is 38.1. The molecule has 0 saturated heterocycles. The van der Waals surface area contributed by atoms with E-state index in [1.54, 1.807) is 0 Å². The van der Waals surface area contributed by atoms with Crippen molar-refractivity contribution in [3.8, 4) is 0 Å². The van der Waals surface area contributed by atoms with Gasteiger partial charge in [-0.3, -0.25) is 0 Å². The summed E-state index contributed by atoms with van der Waals surface area (Å²) in [5.74, 6) is 0. The Bertz CT molecular complexity index is 179. The molecule has 0 N–H and O–H groups in total. The molecular formula is C3HF3NS2+. The SMILES string of the molecule is FC(F)(F)c1c[s+]ns1. The number of hydrogen-bond donors (Lipinski definition) is 0. The van der Waals surface area contributed by atoms with Crippen molar-refractivity contribution in [3.05, 3.63) is 10.3 Å². The lowest BCUT2D eigenvalue weighted by atomic mass is 10.6. The fraction of sp³-hybridized carbons (Fsp3) is 0.333. The third-order valence-corrected chi connectivity index (χ3v) is 2.30. The Kier molecular flexibility index (Phi) is 1.67. The Morgan fingerprint density at radius 3 is 2.44 bits per heavy atom. The highest BCUT2D eigenvalue weighted by atomic mass is 32.2. The molecule has 0 bridgehead atoms. The summed E-state index contributed by atoms with van der Waals surface area (Å²) in [7, 11) is 0. The van der Waals surface area contributed by atoms with E-state index in [9.17, 15) is 13.2 Å². The monoisotopic (exact) mass is 172 g/mol. The van der Waals surface area contributed by atoms with Gasteiger partial charge in [-0.05, 0) is 0 Å². The standard InChI is InChI=1S/C3HF3NS2/c4-3(5,6)2-1-8-7-9-2/h1H/q+1. The number of hydrogen-bond acceptors (Lipinski definition) is 2. The predicted octanol–water partition coefficient (Wildman–Crippen LogP) is 2.50. The summed E-state index contributed by atoms with van der Waals surface area (Å²) in [6.45, 7) is 0. The van der Waals surface area contributed by atoms with Crippen molar-refractivity contribution in [1.82, 2.24) is 3.76 Å². The van der Waals surface area contributed by atoms with Crippen molar-refractivity contribution >= 4 is 23.1 Å². The van der Waals surface area contributed by atoms with Crippen LogP contribution in [0.3, 0.4) is 0 Å². The first-order valence-corrected chi connectivity index (χ1v) is 3.52. The lowest BCUT2D eigenvalue weighted by Gasteiger charge is -1.92. The maximum absolute atomic E-state index is 11.6. The second-order valence-corrected chi connectivity index (χ2v) is 2.92. The van der Waals surface area contributed by atoms with Crippen LogP contribution in [0.25, 0.3) is 0 Å². The maximum Gasteiger partial charge on any atom is 0.451 e. The Morgan fingerprint density at radius 2 is 2.22 bits per heavy atom. The van der Waals surface area contributed by atoms with Crippen molar-refractivity contribution in [3.63, 3.8) is 0 Å². The zero-order chi connectivity index (χ0) is 6.91. The van der Waals surface area contributed by atoms with Gasteiger partial charge >= 0.3 is 6.18 Å². The number of halogens is 3. The van der Waals surface area contributed by atoms with Crippen LogP contribution in [0.5, 0.6) is 0 Å². The average molecular weight is 172 g/mol. The quantitative estimate of drug-likeness (QED) is 0.548. The third kappa shape index (κ3) is 1.59. The molecule has 1 nitrogen and oxygen atoms in total. The fourth-order valence-electron chi connectivity index (χ4n) is 0.271. The maximum atomic E-state index is 11.6. The van der Waals surface area contributed by atoms with Crippen LogP contribution in [0.1, 0.15) is 4.88 Å². The largest absolute Gasteiger partial charge is 0.451 e. The van der Waals surface area contributed by atoms with Gasteiger partial charge in [0.1, 0.15) is 0 Å².